The van der Waals surface area contributed by atoms with Gasteiger partial charge in [0.25, 0.3) is 0 Å². The molecule has 0 aromatic heterocycles. The first-order chi connectivity index (χ1) is 9.65. The number of hydrogen-bond acceptors (Lipinski definition) is 2. The summed E-state index contributed by atoms with van der Waals surface area (Å²) in [6.45, 7) is 2.64. The maximum atomic E-state index is 10.1. The summed E-state index contributed by atoms with van der Waals surface area (Å²) in [5.41, 5.74) is 2.14. The summed E-state index contributed by atoms with van der Waals surface area (Å²) in [5, 5.41) is 14.1. The Morgan fingerprint density at radius 3 is 2.55 bits per heavy atom. The fourth-order valence-corrected chi connectivity index (χ4v) is 2.38. The normalized spacial score (nSPS) is 13.9. The smallest absolute Gasteiger partial charge is 0.0914 e. The molecule has 0 amide bonds. The Balaban J connectivity index is 1.82. The van der Waals surface area contributed by atoms with E-state index >= 15 is 0 Å². The van der Waals surface area contributed by atoms with Crippen LogP contribution in [0.4, 0.5) is 0 Å². The van der Waals surface area contributed by atoms with E-state index in [1.165, 1.54) is 5.56 Å². The van der Waals surface area contributed by atoms with E-state index in [1.807, 2.05) is 36.4 Å². The van der Waals surface area contributed by atoms with Crippen molar-refractivity contribution in [3.63, 3.8) is 0 Å². The number of aliphatic hydroxyl groups is 1. The molecule has 0 saturated heterocycles. The van der Waals surface area contributed by atoms with Crippen LogP contribution in [0.3, 0.4) is 0 Å². The Kier molecular flexibility index (Phi) is 5.60. The van der Waals surface area contributed by atoms with Crippen LogP contribution in [0.15, 0.2) is 54.6 Å². The number of benzene rings is 2. The van der Waals surface area contributed by atoms with Crippen LogP contribution in [0.25, 0.3) is 0 Å². The maximum absolute atomic E-state index is 10.1. The molecule has 2 nitrogen and oxygen atoms in total. The molecule has 2 rings (SSSR count). The maximum Gasteiger partial charge on any atom is 0.0914 e. The molecule has 0 heterocycles. The lowest BCUT2D eigenvalue weighted by molar-refractivity contribution is 0.170. The summed E-state index contributed by atoms with van der Waals surface area (Å²) in [7, 11) is 0. The van der Waals surface area contributed by atoms with E-state index < -0.39 is 6.10 Å². The Morgan fingerprint density at radius 1 is 1.10 bits per heavy atom. The van der Waals surface area contributed by atoms with Crippen LogP contribution in [0.5, 0.6) is 0 Å². The topological polar surface area (TPSA) is 32.3 Å². The van der Waals surface area contributed by atoms with Gasteiger partial charge in [0.05, 0.1) is 6.10 Å². The van der Waals surface area contributed by atoms with Crippen molar-refractivity contribution in [1.29, 1.82) is 0 Å². The molecule has 0 fully saturated rings. The Hall–Kier alpha value is -1.35. The minimum Gasteiger partial charge on any atom is -0.387 e. The van der Waals surface area contributed by atoms with Crippen LogP contribution in [0.1, 0.15) is 24.2 Å². The first-order valence-electron chi connectivity index (χ1n) is 6.86. The predicted octanol–water partition coefficient (Wildman–Crippen LogP) is 3.59. The van der Waals surface area contributed by atoms with Gasteiger partial charge in [0.2, 0.25) is 0 Å². The quantitative estimate of drug-likeness (QED) is 0.852. The SMILES string of the molecule is C[C@H](Cc1ccccc1)NC[C@H](O)c1cccc(Cl)c1. The van der Waals surface area contributed by atoms with Crippen LogP contribution < -0.4 is 5.32 Å². The van der Waals surface area contributed by atoms with Gasteiger partial charge < -0.3 is 10.4 Å². The van der Waals surface area contributed by atoms with E-state index in [9.17, 15) is 5.11 Å². The Bertz CT molecular complexity index is 530. The van der Waals surface area contributed by atoms with E-state index in [-0.39, 0.29) is 0 Å². The van der Waals surface area contributed by atoms with Gasteiger partial charge in [0.1, 0.15) is 0 Å². The van der Waals surface area contributed by atoms with Gasteiger partial charge in [-0.25, -0.2) is 0 Å². The van der Waals surface area contributed by atoms with Crippen molar-refractivity contribution >= 4 is 11.6 Å². The third-order valence-corrected chi connectivity index (χ3v) is 3.51. The Morgan fingerprint density at radius 2 is 1.85 bits per heavy atom. The number of nitrogens with one attached hydrogen (secondary N) is 1. The second kappa shape index (κ2) is 7.44. The van der Waals surface area contributed by atoms with Crippen molar-refractivity contribution in [2.45, 2.75) is 25.5 Å². The second-order valence-electron chi connectivity index (χ2n) is 5.07. The highest BCUT2D eigenvalue weighted by atomic mass is 35.5. The monoisotopic (exact) mass is 289 g/mol. The van der Waals surface area contributed by atoms with Gasteiger partial charge in [-0.2, -0.15) is 0 Å². The van der Waals surface area contributed by atoms with Crippen molar-refractivity contribution in [3.05, 3.63) is 70.7 Å². The summed E-state index contributed by atoms with van der Waals surface area (Å²) in [6, 6.07) is 18.0. The number of aliphatic hydroxyl groups excluding tert-OH is 1. The van der Waals surface area contributed by atoms with Crippen LogP contribution in [0.2, 0.25) is 5.02 Å². The zero-order valence-electron chi connectivity index (χ0n) is 11.6. The van der Waals surface area contributed by atoms with Gasteiger partial charge in [-0.05, 0) is 36.6 Å². The average molecular weight is 290 g/mol. The zero-order valence-corrected chi connectivity index (χ0v) is 12.3. The predicted molar refractivity (Wildman–Crippen MR) is 84.0 cm³/mol. The summed E-state index contributed by atoms with van der Waals surface area (Å²) in [4.78, 5) is 0. The molecule has 0 aliphatic rings. The van der Waals surface area contributed by atoms with Gasteiger partial charge in [-0.3, -0.25) is 0 Å². The first-order valence-corrected chi connectivity index (χ1v) is 7.24. The Labute approximate surface area is 125 Å². The van der Waals surface area contributed by atoms with Gasteiger partial charge in [-0.1, -0.05) is 54.1 Å². The van der Waals surface area contributed by atoms with Crippen molar-refractivity contribution in [2.75, 3.05) is 6.54 Å². The summed E-state index contributed by atoms with van der Waals surface area (Å²) < 4.78 is 0. The van der Waals surface area contributed by atoms with Crippen LogP contribution in [-0.2, 0) is 6.42 Å². The van der Waals surface area contributed by atoms with E-state index in [4.69, 9.17) is 11.6 Å². The molecule has 2 N–H and O–H groups in total. The van der Waals surface area contributed by atoms with E-state index in [1.54, 1.807) is 6.07 Å². The van der Waals surface area contributed by atoms with Crippen LogP contribution in [0, 0.1) is 0 Å². The largest absolute Gasteiger partial charge is 0.387 e. The van der Waals surface area contributed by atoms with Gasteiger partial charge >= 0.3 is 0 Å². The molecule has 0 aliphatic carbocycles. The number of rotatable bonds is 6. The highest BCUT2D eigenvalue weighted by Gasteiger charge is 2.10. The summed E-state index contributed by atoms with van der Waals surface area (Å²) in [6.07, 6.45) is 0.412. The van der Waals surface area contributed by atoms with Crippen molar-refractivity contribution in [1.82, 2.24) is 5.32 Å². The molecule has 106 valence electrons. The van der Waals surface area contributed by atoms with Gasteiger partial charge in [0.15, 0.2) is 0 Å². The minimum absolute atomic E-state index is 0.311. The van der Waals surface area contributed by atoms with Crippen LogP contribution >= 0.6 is 11.6 Å². The van der Waals surface area contributed by atoms with E-state index in [0.717, 1.165) is 12.0 Å². The van der Waals surface area contributed by atoms with E-state index in [2.05, 4.69) is 24.4 Å². The summed E-state index contributed by atoms with van der Waals surface area (Å²) in [5.74, 6) is 0. The molecular formula is C17H20ClNO. The lowest BCUT2D eigenvalue weighted by Gasteiger charge is -2.17. The van der Waals surface area contributed by atoms with Gasteiger partial charge in [0, 0.05) is 17.6 Å². The third-order valence-electron chi connectivity index (χ3n) is 3.28. The third kappa shape index (κ3) is 4.64. The highest BCUT2D eigenvalue weighted by Crippen LogP contribution is 2.17. The standard InChI is InChI=1S/C17H20ClNO/c1-13(10-14-6-3-2-4-7-14)19-12-17(20)15-8-5-9-16(18)11-15/h2-9,11,13,17,19-20H,10,12H2,1H3/t13-,17+/m1/s1. The molecule has 20 heavy (non-hydrogen) atoms. The average Bonchev–Trinajstić information content (AvgIpc) is 2.46. The number of hydrogen-bond donors (Lipinski definition) is 2. The molecule has 0 aliphatic heterocycles. The number of halogens is 1. The zero-order chi connectivity index (χ0) is 14.4. The fourth-order valence-electron chi connectivity index (χ4n) is 2.18. The minimum atomic E-state index is -0.535. The van der Waals surface area contributed by atoms with Crippen molar-refractivity contribution in [3.8, 4) is 0 Å². The van der Waals surface area contributed by atoms with E-state index in [0.29, 0.717) is 17.6 Å². The molecule has 0 bridgehead atoms. The van der Waals surface area contributed by atoms with Crippen LogP contribution in [-0.4, -0.2) is 17.7 Å². The summed E-state index contributed by atoms with van der Waals surface area (Å²) >= 11 is 5.93. The van der Waals surface area contributed by atoms with Crippen molar-refractivity contribution in [2.24, 2.45) is 0 Å². The molecule has 0 radical (unpaired) electrons. The lowest BCUT2D eigenvalue weighted by atomic mass is 10.1. The molecule has 2 aromatic rings. The first kappa shape index (κ1) is 15.0. The molecule has 2 atom stereocenters. The molecule has 2 aromatic carbocycles. The molecule has 0 saturated carbocycles. The molecule has 0 unspecified atom stereocenters. The fraction of sp³-hybridized carbons (Fsp3) is 0.294. The molecule has 0 spiro atoms. The van der Waals surface area contributed by atoms with Crippen molar-refractivity contribution < 1.29 is 5.11 Å². The highest BCUT2D eigenvalue weighted by molar-refractivity contribution is 6.30. The molecule has 3 heteroatoms. The molecular weight excluding hydrogens is 270 g/mol. The lowest BCUT2D eigenvalue weighted by Crippen LogP contribution is -2.32. The van der Waals surface area contributed by atoms with Gasteiger partial charge in [-0.15, -0.1) is 0 Å². The second-order valence-corrected chi connectivity index (χ2v) is 5.51.